The first-order valence-corrected chi connectivity index (χ1v) is 5.09. The maximum Gasteiger partial charge on any atom is 0.133 e. The molecule has 0 unspecified atom stereocenters. The highest BCUT2D eigenvalue weighted by Gasteiger charge is 1.96. The van der Waals surface area contributed by atoms with E-state index in [4.69, 9.17) is 0 Å². The van der Waals surface area contributed by atoms with Gasteiger partial charge in [-0.2, -0.15) is 0 Å². The Morgan fingerprint density at radius 2 is 2.00 bits per heavy atom. The molecular formula is C12H17NO. The van der Waals surface area contributed by atoms with Crippen LogP contribution in [0.25, 0.3) is 0 Å². The SMILES string of the molecule is CCC(=O)CCNCc1ccccc1. The molecule has 0 radical (unpaired) electrons. The molecule has 14 heavy (non-hydrogen) atoms. The lowest BCUT2D eigenvalue weighted by Crippen LogP contribution is -2.17. The molecule has 0 spiro atoms. The second-order valence-electron chi connectivity index (χ2n) is 3.30. The Morgan fingerprint density at radius 1 is 1.29 bits per heavy atom. The van der Waals surface area contributed by atoms with Crippen LogP contribution in [-0.2, 0) is 11.3 Å². The van der Waals surface area contributed by atoms with Crippen LogP contribution >= 0.6 is 0 Å². The Balaban J connectivity index is 2.13. The normalized spacial score (nSPS) is 10.1. The molecule has 0 fully saturated rings. The zero-order chi connectivity index (χ0) is 10.2. The second kappa shape index (κ2) is 6.33. The lowest BCUT2D eigenvalue weighted by Gasteiger charge is -2.03. The highest BCUT2D eigenvalue weighted by atomic mass is 16.1. The van der Waals surface area contributed by atoms with Crippen LogP contribution in [0, 0.1) is 0 Å². The first-order chi connectivity index (χ1) is 6.83. The van der Waals surface area contributed by atoms with Crippen molar-refractivity contribution in [2.24, 2.45) is 0 Å². The van der Waals surface area contributed by atoms with Crippen molar-refractivity contribution in [3.05, 3.63) is 35.9 Å². The standard InChI is InChI=1S/C12H17NO/c1-2-12(14)8-9-13-10-11-6-4-3-5-7-11/h3-7,13H,2,8-10H2,1H3. The van der Waals surface area contributed by atoms with Crippen molar-refractivity contribution in [1.29, 1.82) is 0 Å². The lowest BCUT2D eigenvalue weighted by molar-refractivity contribution is -0.118. The third-order valence-electron chi connectivity index (χ3n) is 2.15. The maximum absolute atomic E-state index is 11.0. The van der Waals surface area contributed by atoms with E-state index in [0.29, 0.717) is 18.6 Å². The van der Waals surface area contributed by atoms with E-state index in [9.17, 15) is 4.79 Å². The summed E-state index contributed by atoms with van der Waals surface area (Å²) >= 11 is 0. The smallest absolute Gasteiger partial charge is 0.133 e. The topological polar surface area (TPSA) is 29.1 Å². The van der Waals surface area contributed by atoms with Crippen LogP contribution in [0.4, 0.5) is 0 Å². The Kier molecular flexibility index (Phi) is 4.94. The second-order valence-corrected chi connectivity index (χ2v) is 3.30. The molecule has 1 aromatic rings. The zero-order valence-electron chi connectivity index (χ0n) is 8.62. The van der Waals surface area contributed by atoms with Gasteiger partial charge >= 0.3 is 0 Å². The highest BCUT2D eigenvalue weighted by molar-refractivity contribution is 5.78. The van der Waals surface area contributed by atoms with Crippen LogP contribution in [0.5, 0.6) is 0 Å². The van der Waals surface area contributed by atoms with Gasteiger partial charge in [-0.3, -0.25) is 4.79 Å². The van der Waals surface area contributed by atoms with Crippen molar-refractivity contribution in [2.75, 3.05) is 6.54 Å². The molecule has 0 aromatic heterocycles. The molecule has 0 aliphatic heterocycles. The van der Waals surface area contributed by atoms with E-state index >= 15 is 0 Å². The lowest BCUT2D eigenvalue weighted by atomic mass is 10.2. The van der Waals surface area contributed by atoms with Crippen LogP contribution in [0.1, 0.15) is 25.3 Å². The number of Topliss-reactive ketones (excluding diaryl/α,β-unsaturated/α-hetero) is 1. The molecule has 0 saturated heterocycles. The van der Waals surface area contributed by atoms with E-state index in [1.54, 1.807) is 0 Å². The Hall–Kier alpha value is -1.15. The van der Waals surface area contributed by atoms with Gasteiger partial charge in [0.15, 0.2) is 0 Å². The first-order valence-electron chi connectivity index (χ1n) is 5.09. The van der Waals surface area contributed by atoms with Gasteiger partial charge in [-0.15, -0.1) is 0 Å². The summed E-state index contributed by atoms with van der Waals surface area (Å²) in [6, 6.07) is 10.2. The van der Waals surface area contributed by atoms with Crippen LogP contribution in [0.2, 0.25) is 0 Å². The number of rotatable bonds is 6. The molecule has 0 amide bonds. The van der Waals surface area contributed by atoms with Crippen LogP contribution in [0.15, 0.2) is 30.3 Å². The summed E-state index contributed by atoms with van der Waals surface area (Å²) < 4.78 is 0. The van der Waals surface area contributed by atoms with Gasteiger partial charge in [0.2, 0.25) is 0 Å². The summed E-state index contributed by atoms with van der Waals surface area (Å²) in [5, 5.41) is 3.25. The number of carbonyl (C=O) groups is 1. The van der Waals surface area contributed by atoms with Gasteiger partial charge in [0.05, 0.1) is 0 Å². The number of hydrogen-bond donors (Lipinski definition) is 1. The van der Waals surface area contributed by atoms with Gasteiger partial charge < -0.3 is 5.32 Å². The van der Waals surface area contributed by atoms with E-state index in [2.05, 4.69) is 17.4 Å². The molecule has 0 bridgehead atoms. The predicted octanol–water partition coefficient (Wildman–Crippen LogP) is 2.15. The van der Waals surface area contributed by atoms with Gasteiger partial charge in [0.25, 0.3) is 0 Å². The predicted molar refractivity (Wildman–Crippen MR) is 58.1 cm³/mol. The minimum atomic E-state index is 0.325. The number of carbonyl (C=O) groups excluding carboxylic acids is 1. The fourth-order valence-corrected chi connectivity index (χ4v) is 1.23. The van der Waals surface area contributed by atoms with Crippen LogP contribution in [0.3, 0.4) is 0 Å². The molecule has 0 heterocycles. The Morgan fingerprint density at radius 3 is 2.64 bits per heavy atom. The Labute approximate surface area is 85.3 Å². The first kappa shape index (κ1) is 10.9. The number of nitrogens with one attached hydrogen (secondary N) is 1. The number of benzene rings is 1. The molecule has 0 atom stereocenters. The average molecular weight is 191 g/mol. The molecule has 2 nitrogen and oxygen atoms in total. The molecule has 0 aliphatic rings. The fourth-order valence-electron chi connectivity index (χ4n) is 1.23. The van der Waals surface area contributed by atoms with Gasteiger partial charge in [-0.25, -0.2) is 0 Å². The largest absolute Gasteiger partial charge is 0.312 e. The highest BCUT2D eigenvalue weighted by Crippen LogP contribution is 1.97. The summed E-state index contributed by atoms with van der Waals surface area (Å²) in [6.45, 7) is 3.53. The van der Waals surface area contributed by atoms with Crippen LogP contribution in [-0.4, -0.2) is 12.3 Å². The van der Waals surface area contributed by atoms with Crippen molar-refractivity contribution in [3.63, 3.8) is 0 Å². The molecule has 0 saturated carbocycles. The van der Waals surface area contributed by atoms with E-state index < -0.39 is 0 Å². The quantitative estimate of drug-likeness (QED) is 0.698. The summed E-state index contributed by atoms with van der Waals surface area (Å²) in [5.41, 5.74) is 1.26. The number of ketones is 1. The molecule has 1 rings (SSSR count). The molecule has 76 valence electrons. The maximum atomic E-state index is 11.0. The molecular weight excluding hydrogens is 174 g/mol. The molecule has 1 aromatic carbocycles. The molecule has 0 aliphatic carbocycles. The average Bonchev–Trinajstić information content (AvgIpc) is 2.25. The van der Waals surface area contributed by atoms with E-state index in [0.717, 1.165) is 13.1 Å². The van der Waals surface area contributed by atoms with Gasteiger partial charge in [-0.05, 0) is 5.56 Å². The van der Waals surface area contributed by atoms with Crippen LogP contribution < -0.4 is 5.32 Å². The van der Waals surface area contributed by atoms with Crippen molar-refractivity contribution >= 4 is 5.78 Å². The Bertz CT molecular complexity index is 269. The van der Waals surface area contributed by atoms with Crippen molar-refractivity contribution in [2.45, 2.75) is 26.3 Å². The van der Waals surface area contributed by atoms with Gasteiger partial charge in [0, 0.05) is 25.9 Å². The number of hydrogen-bond acceptors (Lipinski definition) is 2. The minimum absolute atomic E-state index is 0.325. The molecule has 2 heteroatoms. The van der Waals surface area contributed by atoms with Crippen molar-refractivity contribution < 1.29 is 4.79 Å². The van der Waals surface area contributed by atoms with Crippen molar-refractivity contribution in [3.8, 4) is 0 Å². The molecule has 1 N–H and O–H groups in total. The monoisotopic (exact) mass is 191 g/mol. The van der Waals surface area contributed by atoms with E-state index in [1.807, 2.05) is 25.1 Å². The van der Waals surface area contributed by atoms with E-state index in [1.165, 1.54) is 5.56 Å². The zero-order valence-corrected chi connectivity index (χ0v) is 8.62. The van der Waals surface area contributed by atoms with Gasteiger partial charge in [0.1, 0.15) is 5.78 Å². The van der Waals surface area contributed by atoms with E-state index in [-0.39, 0.29) is 0 Å². The summed E-state index contributed by atoms with van der Waals surface area (Å²) in [4.78, 5) is 11.0. The fraction of sp³-hybridized carbons (Fsp3) is 0.417. The van der Waals surface area contributed by atoms with Gasteiger partial charge in [-0.1, -0.05) is 37.3 Å². The summed E-state index contributed by atoms with van der Waals surface area (Å²) in [6.07, 6.45) is 1.29. The summed E-state index contributed by atoms with van der Waals surface area (Å²) in [5.74, 6) is 0.325. The summed E-state index contributed by atoms with van der Waals surface area (Å²) in [7, 11) is 0. The van der Waals surface area contributed by atoms with Crippen molar-refractivity contribution in [1.82, 2.24) is 5.32 Å². The third-order valence-corrected chi connectivity index (χ3v) is 2.15. The third kappa shape index (κ3) is 4.19. The minimum Gasteiger partial charge on any atom is -0.312 e.